The summed E-state index contributed by atoms with van der Waals surface area (Å²) in [6.07, 6.45) is -20.6. The maximum atomic E-state index is 14.3. The van der Waals surface area contributed by atoms with Crippen molar-refractivity contribution in [1.82, 2.24) is 19.5 Å². The maximum absolute atomic E-state index is 14.3. The van der Waals surface area contributed by atoms with E-state index >= 15 is 0 Å². The zero-order valence-corrected chi connectivity index (χ0v) is 29.6. The third-order valence-corrected chi connectivity index (χ3v) is 9.40. The molecule has 0 aliphatic heterocycles. The number of halogens is 12. The molecule has 0 saturated heterocycles. The largest absolute Gasteiger partial charge is 0.417 e. The van der Waals surface area contributed by atoms with Gasteiger partial charge in [0.05, 0.1) is 34.3 Å². The van der Waals surface area contributed by atoms with E-state index in [0.717, 1.165) is 0 Å². The van der Waals surface area contributed by atoms with Gasteiger partial charge in [-0.05, 0) is 96.3 Å². The molecule has 0 bridgehead atoms. The third-order valence-electron chi connectivity index (χ3n) is 9.40. The highest BCUT2D eigenvalue weighted by molar-refractivity contribution is 6.10. The van der Waals surface area contributed by atoms with Gasteiger partial charge in [0.1, 0.15) is 11.6 Å². The summed E-state index contributed by atoms with van der Waals surface area (Å²) in [4.78, 5) is 16.5. The van der Waals surface area contributed by atoms with Crippen molar-refractivity contribution >= 4 is 27.5 Å². The molecule has 0 radical (unpaired) electrons. The first kappa shape index (κ1) is 39.8. The monoisotopic (exact) mass is 813 g/mol. The smallest absolute Gasteiger partial charge is 0.336 e. The van der Waals surface area contributed by atoms with Crippen molar-refractivity contribution in [1.29, 1.82) is 0 Å². The van der Waals surface area contributed by atoms with Crippen LogP contribution < -0.4 is 0 Å². The first-order chi connectivity index (χ1) is 27.0. The van der Waals surface area contributed by atoms with Gasteiger partial charge in [-0.25, -0.2) is 19.8 Å². The van der Waals surface area contributed by atoms with Crippen molar-refractivity contribution in [2.45, 2.75) is 45.1 Å². The SMILES string of the molecule is [C-]#[N+]c1ccc(Cn2c3ccc(-c4cc(C(F)(F)F)cc(C(F)(F)F)c4)cc3c3ccc(-c4ccc(C(F)(F)F)cc4C(F)(F)F)cc32)c(-c2nc(C)nc(C)n2)c1. The number of alkyl halides is 12. The predicted octanol–water partition coefficient (Wildman–Crippen LogP) is 13.3. The number of nitrogens with zero attached hydrogens (tertiary/aromatic N) is 5. The minimum Gasteiger partial charge on any atom is -0.336 e. The van der Waals surface area contributed by atoms with Gasteiger partial charge in [-0.1, -0.05) is 36.4 Å². The molecule has 7 aromatic rings. The zero-order chi connectivity index (χ0) is 42.1. The molecule has 0 unspecified atom stereocenters. The fourth-order valence-corrected chi connectivity index (χ4v) is 6.83. The van der Waals surface area contributed by atoms with Gasteiger partial charge in [0, 0.05) is 28.4 Å². The Bertz CT molecular complexity index is 2750. The summed E-state index contributed by atoms with van der Waals surface area (Å²) in [5, 5.41) is 0.579. The second kappa shape index (κ2) is 13.9. The van der Waals surface area contributed by atoms with E-state index in [4.69, 9.17) is 6.57 Å². The number of hydrogen-bond acceptors (Lipinski definition) is 3. The average molecular weight is 814 g/mol. The van der Waals surface area contributed by atoms with Crippen LogP contribution in [-0.2, 0) is 31.2 Å². The highest BCUT2D eigenvalue weighted by Gasteiger charge is 2.39. The normalized spacial score (nSPS) is 12.7. The van der Waals surface area contributed by atoms with Crippen molar-refractivity contribution in [2.75, 3.05) is 0 Å². The molecule has 17 heteroatoms. The lowest BCUT2D eigenvalue weighted by molar-refractivity contribution is -0.144. The standard InChI is InChI=1S/C41H23F12N5/c1-20-55-21(2)57-37(56-20)32-18-29(54-3)8-4-24(32)19-58-35-11-6-22(25-12-27(39(45,46)47)16-28(13-25)40(48,49)50)14-33(35)31-9-5-23(15-36(31)58)30-10-7-26(38(42,43)44)17-34(30)41(51,52)53/h4-18H,19H2,1-2H3. The van der Waals surface area contributed by atoms with Crippen molar-refractivity contribution in [3.8, 4) is 33.6 Å². The molecular weight excluding hydrogens is 790 g/mol. The molecule has 0 amide bonds. The van der Waals surface area contributed by atoms with Gasteiger partial charge in [-0.3, -0.25) is 0 Å². The summed E-state index contributed by atoms with van der Waals surface area (Å²) in [5.74, 6) is 0.908. The summed E-state index contributed by atoms with van der Waals surface area (Å²) >= 11 is 0. The number of aryl methyl sites for hydroxylation is 2. The molecule has 0 spiro atoms. The lowest BCUT2D eigenvalue weighted by atomic mass is 9.95. The molecule has 0 aliphatic rings. The minimum atomic E-state index is -5.21. The van der Waals surface area contributed by atoms with E-state index in [-0.39, 0.29) is 52.2 Å². The Kier molecular flexibility index (Phi) is 9.53. The summed E-state index contributed by atoms with van der Waals surface area (Å²) in [5.41, 5.74) is -5.72. The van der Waals surface area contributed by atoms with Gasteiger partial charge in [-0.15, -0.1) is 0 Å². The van der Waals surface area contributed by atoms with Crippen LogP contribution in [0.1, 0.15) is 39.5 Å². The van der Waals surface area contributed by atoms with Crippen LogP contribution in [0.4, 0.5) is 58.4 Å². The molecule has 0 N–H and O–H groups in total. The van der Waals surface area contributed by atoms with Gasteiger partial charge in [0.25, 0.3) is 0 Å². The first-order valence-electron chi connectivity index (χ1n) is 16.9. The topological polar surface area (TPSA) is 48.0 Å². The zero-order valence-electron chi connectivity index (χ0n) is 29.6. The Morgan fingerprint density at radius 2 is 1.14 bits per heavy atom. The summed E-state index contributed by atoms with van der Waals surface area (Å²) in [7, 11) is 0. The average Bonchev–Trinajstić information content (AvgIpc) is 3.44. The number of hydrogen-bond donors (Lipinski definition) is 0. The van der Waals surface area contributed by atoms with E-state index in [1.807, 2.05) is 0 Å². The van der Waals surface area contributed by atoms with Crippen LogP contribution >= 0.6 is 0 Å². The van der Waals surface area contributed by atoms with E-state index in [0.29, 0.717) is 57.9 Å². The van der Waals surface area contributed by atoms with Crippen molar-refractivity contribution in [2.24, 2.45) is 0 Å². The van der Waals surface area contributed by atoms with Crippen LogP contribution in [-0.4, -0.2) is 19.5 Å². The Balaban J connectivity index is 1.50. The molecule has 5 aromatic carbocycles. The second-order valence-electron chi connectivity index (χ2n) is 13.3. The van der Waals surface area contributed by atoms with Gasteiger partial charge in [0.15, 0.2) is 11.5 Å². The second-order valence-corrected chi connectivity index (χ2v) is 13.3. The van der Waals surface area contributed by atoms with Gasteiger partial charge in [-0.2, -0.15) is 52.7 Å². The summed E-state index contributed by atoms with van der Waals surface area (Å²) < 4.78 is 168. The van der Waals surface area contributed by atoms with Crippen molar-refractivity contribution in [3.63, 3.8) is 0 Å². The molecule has 0 atom stereocenters. The molecular formula is C41H23F12N5. The summed E-state index contributed by atoms with van der Waals surface area (Å²) in [6, 6.07) is 15.0. The van der Waals surface area contributed by atoms with Crippen LogP contribution in [0.15, 0.2) is 91.0 Å². The molecule has 0 fully saturated rings. The van der Waals surface area contributed by atoms with E-state index in [1.165, 1.54) is 48.5 Å². The molecule has 2 aromatic heterocycles. The molecule has 0 aliphatic carbocycles. The number of aromatic nitrogens is 4. The Morgan fingerprint density at radius 1 is 0.517 bits per heavy atom. The van der Waals surface area contributed by atoms with Crippen molar-refractivity contribution < 1.29 is 52.7 Å². The molecule has 2 heterocycles. The van der Waals surface area contributed by atoms with E-state index in [9.17, 15) is 52.7 Å². The van der Waals surface area contributed by atoms with E-state index in [2.05, 4.69) is 19.8 Å². The first-order valence-corrected chi connectivity index (χ1v) is 16.9. The quantitative estimate of drug-likeness (QED) is 0.128. The summed E-state index contributed by atoms with van der Waals surface area (Å²) in [6.45, 7) is 10.7. The molecule has 296 valence electrons. The predicted molar refractivity (Wildman–Crippen MR) is 190 cm³/mol. The maximum Gasteiger partial charge on any atom is 0.417 e. The van der Waals surface area contributed by atoms with Crippen LogP contribution in [0.5, 0.6) is 0 Å². The number of rotatable bonds is 5. The Labute approximate surface area is 320 Å². The fraction of sp³-hybridized carbons (Fsp3) is 0.171. The van der Waals surface area contributed by atoms with Gasteiger partial charge < -0.3 is 4.57 Å². The molecule has 58 heavy (non-hydrogen) atoms. The van der Waals surface area contributed by atoms with Crippen LogP contribution in [0, 0.1) is 20.4 Å². The van der Waals surface area contributed by atoms with E-state index < -0.39 is 58.1 Å². The highest BCUT2D eigenvalue weighted by atomic mass is 19.4. The third kappa shape index (κ3) is 7.65. The van der Waals surface area contributed by atoms with Crippen LogP contribution in [0.2, 0.25) is 0 Å². The Morgan fingerprint density at radius 3 is 1.72 bits per heavy atom. The molecule has 5 nitrogen and oxygen atoms in total. The van der Waals surface area contributed by atoms with Gasteiger partial charge >= 0.3 is 24.7 Å². The highest BCUT2D eigenvalue weighted by Crippen LogP contribution is 2.44. The molecule has 7 rings (SSSR count). The van der Waals surface area contributed by atoms with Gasteiger partial charge in [0.2, 0.25) is 0 Å². The van der Waals surface area contributed by atoms with Crippen LogP contribution in [0.25, 0.3) is 60.3 Å². The number of fused-ring (bicyclic) bond motifs is 3. The lowest BCUT2D eigenvalue weighted by Crippen LogP contribution is -2.12. The van der Waals surface area contributed by atoms with Crippen molar-refractivity contribution in [3.05, 3.63) is 142 Å². The number of benzene rings is 5. The molecule has 0 saturated carbocycles. The Hall–Kier alpha value is -6.44. The minimum absolute atomic E-state index is 0.00174. The van der Waals surface area contributed by atoms with E-state index in [1.54, 1.807) is 24.5 Å². The van der Waals surface area contributed by atoms with Crippen LogP contribution in [0.3, 0.4) is 0 Å². The lowest BCUT2D eigenvalue weighted by Gasteiger charge is -2.17. The fourth-order valence-electron chi connectivity index (χ4n) is 6.83.